The third kappa shape index (κ3) is 6.76. The lowest BCUT2D eigenvalue weighted by atomic mass is 9.68. The standard InChI is InChI=1S/C26H40O3/c1-3-5-6-20-7-9-21(10-8-20)22-11-13-23(14-12-22)26(27)29-25-17-15-24(16-18-25)28-19-4-2/h15-18,20-23H,3-14,19H2,1-2H3. The van der Waals surface area contributed by atoms with Crippen molar-refractivity contribution in [3.8, 4) is 11.5 Å². The fourth-order valence-corrected chi connectivity index (χ4v) is 5.29. The predicted molar refractivity (Wildman–Crippen MR) is 118 cm³/mol. The molecule has 0 radical (unpaired) electrons. The average molecular weight is 401 g/mol. The second-order valence-electron chi connectivity index (χ2n) is 9.28. The van der Waals surface area contributed by atoms with Gasteiger partial charge in [-0.15, -0.1) is 0 Å². The molecular weight excluding hydrogens is 360 g/mol. The van der Waals surface area contributed by atoms with Gasteiger partial charge in [-0.2, -0.15) is 0 Å². The Bertz CT molecular complexity index is 593. The summed E-state index contributed by atoms with van der Waals surface area (Å²) < 4.78 is 11.2. The van der Waals surface area contributed by atoms with Crippen LogP contribution in [0.3, 0.4) is 0 Å². The molecule has 0 amide bonds. The highest BCUT2D eigenvalue weighted by Crippen LogP contribution is 2.42. The zero-order chi connectivity index (χ0) is 20.5. The summed E-state index contributed by atoms with van der Waals surface area (Å²) in [5, 5.41) is 0. The Kier molecular flexibility index (Phi) is 8.89. The van der Waals surface area contributed by atoms with E-state index in [0.29, 0.717) is 12.4 Å². The largest absolute Gasteiger partial charge is 0.494 e. The average Bonchev–Trinajstić information content (AvgIpc) is 2.77. The van der Waals surface area contributed by atoms with E-state index in [1.165, 1.54) is 57.8 Å². The van der Waals surface area contributed by atoms with Gasteiger partial charge < -0.3 is 9.47 Å². The van der Waals surface area contributed by atoms with E-state index >= 15 is 0 Å². The van der Waals surface area contributed by atoms with Gasteiger partial charge in [-0.05, 0) is 87.0 Å². The topological polar surface area (TPSA) is 35.5 Å². The fourth-order valence-electron chi connectivity index (χ4n) is 5.29. The van der Waals surface area contributed by atoms with Crippen molar-refractivity contribution >= 4 is 5.97 Å². The van der Waals surface area contributed by atoms with Crippen LogP contribution in [0.2, 0.25) is 0 Å². The smallest absolute Gasteiger partial charge is 0.314 e. The molecule has 3 heteroatoms. The lowest BCUT2D eigenvalue weighted by molar-refractivity contribution is -0.140. The summed E-state index contributed by atoms with van der Waals surface area (Å²) in [6, 6.07) is 7.44. The van der Waals surface area contributed by atoms with E-state index in [1.807, 2.05) is 24.3 Å². The van der Waals surface area contributed by atoms with Gasteiger partial charge in [0.1, 0.15) is 11.5 Å². The van der Waals surface area contributed by atoms with Crippen LogP contribution in [0.1, 0.15) is 90.9 Å². The lowest BCUT2D eigenvalue weighted by Gasteiger charge is -2.37. The summed E-state index contributed by atoms with van der Waals surface area (Å²) in [6.45, 7) is 5.10. The van der Waals surface area contributed by atoms with Crippen molar-refractivity contribution in [2.45, 2.75) is 90.9 Å². The fraction of sp³-hybridized carbons (Fsp3) is 0.731. The Morgan fingerprint density at radius 1 is 0.828 bits per heavy atom. The van der Waals surface area contributed by atoms with Crippen LogP contribution < -0.4 is 9.47 Å². The van der Waals surface area contributed by atoms with Gasteiger partial charge in [0.2, 0.25) is 0 Å². The van der Waals surface area contributed by atoms with Crippen molar-refractivity contribution in [3.05, 3.63) is 24.3 Å². The molecule has 29 heavy (non-hydrogen) atoms. The second kappa shape index (κ2) is 11.6. The molecule has 2 saturated carbocycles. The van der Waals surface area contributed by atoms with Crippen molar-refractivity contribution < 1.29 is 14.3 Å². The van der Waals surface area contributed by atoms with Crippen LogP contribution >= 0.6 is 0 Å². The highest BCUT2D eigenvalue weighted by Gasteiger charge is 2.33. The molecule has 1 aromatic carbocycles. The Labute approximate surface area is 177 Å². The van der Waals surface area contributed by atoms with Crippen molar-refractivity contribution in [1.29, 1.82) is 0 Å². The Morgan fingerprint density at radius 3 is 2.00 bits per heavy atom. The van der Waals surface area contributed by atoms with Crippen molar-refractivity contribution in [2.75, 3.05) is 6.61 Å². The SMILES string of the molecule is CCCCC1CCC(C2CCC(C(=O)Oc3ccc(OCCC)cc3)CC2)CC1. The Hall–Kier alpha value is -1.51. The molecule has 0 atom stereocenters. The minimum absolute atomic E-state index is 0.0473. The van der Waals surface area contributed by atoms with Crippen LogP contribution in [0.15, 0.2) is 24.3 Å². The van der Waals surface area contributed by atoms with Crippen molar-refractivity contribution in [2.24, 2.45) is 23.7 Å². The van der Waals surface area contributed by atoms with Crippen molar-refractivity contribution in [1.82, 2.24) is 0 Å². The molecule has 3 rings (SSSR count). The zero-order valence-corrected chi connectivity index (χ0v) is 18.5. The summed E-state index contributed by atoms with van der Waals surface area (Å²) in [7, 11) is 0. The van der Waals surface area contributed by atoms with Gasteiger partial charge in [-0.25, -0.2) is 0 Å². The number of esters is 1. The molecule has 0 spiro atoms. The highest BCUT2D eigenvalue weighted by molar-refractivity contribution is 5.75. The van der Waals surface area contributed by atoms with Gasteiger partial charge in [-0.3, -0.25) is 4.79 Å². The van der Waals surface area contributed by atoms with E-state index in [0.717, 1.165) is 42.8 Å². The predicted octanol–water partition coefficient (Wildman–Crippen LogP) is 7.18. The molecule has 0 aliphatic heterocycles. The van der Waals surface area contributed by atoms with Crippen LogP contribution in [0.5, 0.6) is 11.5 Å². The molecule has 0 saturated heterocycles. The van der Waals surface area contributed by atoms with Crippen LogP contribution in [-0.2, 0) is 4.79 Å². The quantitative estimate of drug-likeness (QED) is 0.325. The monoisotopic (exact) mass is 400 g/mol. The normalized spacial score (nSPS) is 27.4. The number of carbonyl (C=O) groups is 1. The number of hydrogen-bond acceptors (Lipinski definition) is 3. The number of carbonyl (C=O) groups excluding carboxylic acids is 1. The molecule has 3 nitrogen and oxygen atoms in total. The maximum absolute atomic E-state index is 12.6. The Morgan fingerprint density at radius 2 is 1.41 bits per heavy atom. The summed E-state index contributed by atoms with van der Waals surface area (Å²) in [6.07, 6.45) is 15.3. The maximum atomic E-state index is 12.6. The minimum Gasteiger partial charge on any atom is -0.494 e. The van der Waals surface area contributed by atoms with Gasteiger partial charge in [-0.1, -0.05) is 46.0 Å². The van der Waals surface area contributed by atoms with Crippen LogP contribution in [0.25, 0.3) is 0 Å². The first-order valence-electron chi connectivity index (χ1n) is 12.1. The zero-order valence-electron chi connectivity index (χ0n) is 18.5. The van der Waals surface area contributed by atoms with Gasteiger partial charge in [0.15, 0.2) is 0 Å². The highest BCUT2D eigenvalue weighted by atomic mass is 16.5. The molecule has 162 valence electrons. The number of unbranched alkanes of at least 4 members (excludes halogenated alkanes) is 1. The first-order valence-corrected chi connectivity index (χ1v) is 12.1. The van der Waals surface area contributed by atoms with Gasteiger partial charge >= 0.3 is 5.97 Å². The third-order valence-electron chi connectivity index (χ3n) is 7.14. The van der Waals surface area contributed by atoms with Crippen LogP contribution in [0, 0.1) is 23.7 Å². The molecule has 0 unspecified atom stereocenters. The molecule has 0 aromatic heterocycles. The molecule has 2 fully saturated rings. The first kappa shape index (κ1) is 22.2. The summed E-state index contributed by atoms with van der Waals surface area (Å²) in [4.78, 5) is 12.6. The number of rotatable bonds is 9. The molecule has 0 bridgehead atoms. The number of ether oxygens (including phenoxy) is 2. The number of benzene rings is 1. The van der Waals surface area contributed by atoms with Gasteiger partial charge in [0, 0.05) is 0 Å². The van der Waals surface area contributed by atoms with E-state index in [9.17, 15) is 4.79 Å². The van der Waals surface area contributed by atoms with E-state index in [2.05, 4.69) is 13.8 Å². The van der Waals surface area contributed by atoms with E-state index in [4.69, 9.17) is 9.47 Å². The van der Waals surface area contributed by atoms with Crippen LogP contribution in [0.4, 0.5) is 0 Å². The first-order chi connectivity index (χ1) is 14.2. The summed E-state index contributed by atoms with van der Waals surface area (Å²) >= 11 is 0. The summed E-state index contributed by atoms with van der Waals surface area (Å²) in [5.41, 5.74) is 0. The maximum Gasteiger partial charge on any atom is 0.314 e. The third-order valence-corrected chi connectivity index (χ3v) is 7.14. The van der Waals surface area contributed by atoms with E-state index < -0.39 is 0 Å². The van der Waals surface area contributed by atoms with E-state index in [-0.39, 0.29) is 11.9 Å². The molecule has 0 N–H and O–H groups in total. The lowest BCUT2D eigenvalue weighted by Crippen LogP contribution is -2.30. The molecule has 2 aliphatic carbocycles. The molecule has 2 aliphatic rings. The van der Waals surface area contributed by atoms with Gasteiger partial charge in [0.05, 0.1) is 12.5 Å². The number of hydrogen-bond donors (Lipinski definition) is 0. The minimum atomic E-state index is -0.0473. The molecular formula is C26H40O3. The van der Waals surface area contributed by atoms with Gasteiger partial charge in [0.25, 0.3) is 0 Å². The van der Waals surface area contributed by atoms with Crippen LogP contribution in [-0.4, -0.2) is 12.6 Å². The molecule has 1 aromatic rings. The Balaban J connectivity index is 1.38. The molecule has 0 heterocycles. The second-order valence-corrected chi connectivity index (χ2v) is 9.28. The van der Waals surface area contributed by atoms with Crippen molar-refractivity contribution in [3.63, 3.8) is 0 Å². The summed E-state index contributed by atoms with van der Waals surface area (Å²) in [5.74, 6) is 4.21. The van der Waals surface area contributed by atoms with E-state index in [1.54, 1.807) is 0 Å².